The van der Waals surface area contributed by atoms with Gasteiger partial charge in [-0.2, -0.15) is 5.26 Å². The van der Waals surface area contributed by atoms with Gasteiger partial charge >= 0.3 is 5.97 Å². The zero-order valence-corrected chi connectivity index (χ0v) is 18.1. The topological polar surface area (TPSA) is 129 Å². The van der Waals surface area contributed by atoms with Crippen molar-refractivity contribution in [3.05, 3.63) is 70.8 Å². The van der Waals surface area contributed by atoms with E-state index in [-0.39, 0.29) is 17.7 Å². The number of nitrogens with one attached hydrogen (secondary N) is 2. The molecule has 33 heavy (non-hydrogen) atoms. The van der Waals surface area contributed by atoms with E-state index in [9.17, 15) is 19.6 Å². The monoisotopic (exact) mass is 445 g/mol. The maximum absolute atomic E-state index is 13.2. The SMILES string of the molecule is CNC(=O)c1ccc2c(c1)[C@]1(CCO2)C[C@H]1C(=O)Nc1cc(C#N)ccc1CC=CC(=O)O. The molecule has 1 spiro atoms. The van der Waals surface area contributed by atoms with Crippen LogP contribution in [-0.2, 0) is 21.4 Å². The molecule has 168 valence electrons. The lowest BCUT2D eigenvalue weighted by Crippen LogP contribution is -2.28. The van der Waals surface area contributed by atoms with Gasteiger partial charge in [0.25, 0.3) is 5.91 Å². The van der Waals surface area contributed by atoms with E-state index in [1.165, 1.54) is 6.08 Å². The number of ether oxygens (including phenoxy) is 1. The molecule has 3 N–H and O–H groups in total. The van der Waals surface area contributed by atoms with Gasteiger partial charge in [-0.25, -0.2) is 4.79 Å². The number of nitriles is 1. The Hall–Kier alpha value is -4.12. The summed E-state index contributed by atoms with van der Waals surface area (Å²) >= 11 is 0. The summed E-state index contributed by atoms with van der Waals surface area (Å²) in [6.07, 6.45) is 4.14. The molecule has 2 aromatic carbocycles. The number of benzene rings is 2. The number of hydrogen-bond acceptors (Lipinski definition) is 5. The van der Waals surface area contributed by atoms with E-state index in [0.29, 0.717) is 54.0 Å². The summed E-state index contributed by atoms with van der Waals surface area (Å²) in [4.78, 5) is 36.1. The average molecular weight is 445 g/mol. The summed E-state index contributed by atoms with van der Waals surface area (Å²) in [7, 11) is 1.57. The Morgan fingerprint density at radius 1 is 1.27 bits per heavy atom. The predicted octanol–water partition coefficient (Wildman–Crippen LogP) is 2.78. The first-order valence-electron chi connectivity index (χ1n) is 10.6. The van der Waals surface area contributed by atoms with Gasteiger partial charge in [0.1, 0.15) is 5.75 Å². The number of fused-ring (bicyclic) bond motifs is 2. The molecule has 8 nitrogen and oxygen atoms in total. The third kappa shape index (κ3) is 4.30. The molecule has 0 radical (unpaired) electrons. The molecule has 2 atom stereocenters. The van der Waals surface area contributed by atoms with Crippen LogP contribution in [0.25, 0.3) is 0 Å². The normalized spacial score (nSPS) is 20.4. The number of nitrogens with zero attached hydrogens (tertiary/aromatic N) is 1. The van der Waals surface area contributed by atoms with Crippen molar-refractivity contribution in [3.63, 3.8) is 0 Å². The standard InChI is InChI=1S/C25H23N3O5/c1-27-23(31)17-7-8-21-18(12-17)25(9-10-33-21)13-19(25)24(32)28-20-11-15(14-26)5-6-16(20)3-2-4-22(29)30/h2,4-8,11-12,19H,3,9-10,13H2,1H3,(H,27,31)(H,28,32)(H,29,30)/t19-,25-/m0/s1. The van der Waals surface area contributed by atoms with Crippen molar-refractivity contribution in [1.82, 2.24) is 5.32 Å². The van der Waals surface area contributed by atoms with Crippen LogP contribution in [-0.4, -0.2) is 36.5 Å². The highest BCUT2D eigenvalue weighted by Gasteiger charge is 2.61. The average Bonchev–Trinajstić information content (AvgIpc) is 3.54. The van der Waals surface area contributed by atoms with E-state index in [0.717, 1.165) is 11.6 Å². The van der Waals surface area contributed by atoms with Crippen molar-refractivity contribution in [3.8, 4) is 11.8 Å². The highest BCUT2D eigenvalue weighted by atomic mass is 16.5. The summed E-state index contributed by atoms with van der Waals surface area (Å²) in [6, 6.07) is 12.3. The van der Waals surface area contributed by atoms with Gasteiger partial charge in [-0.1, -0.05) is 12.1 Å². The lowest BCUT2D eigenvalue weighted by atomic mass is 9.86. The number of aliphatic carboxylic acids is 1. The lowest BCUT2D eigenvalue weighted by Gasteiger charge is -2.27. The Labute approximate surface area is 190 Å². The second-order valence-corrected chi connectivity index (χ2v) is 8.22. The molecule has 1 aliphatic carbocycles. The lowest BCUT2D eigenvalue weighted by molar-refractivity contribution is -0.131. The molecule has 1 fully saturated rings. The van der Waals surface area contributed by atoms with Crippen LogP contribution < -0.4 is 15.4 Å². The fourth-order valence-electron chi connectivity index (χ4n) is 4.48. The predicted molar refractivity (Wildman–Crippen MR) is 120 cm³/mol. The van der Waals surface area contributed by atoms with Crippen LogP contribution >= 0.6 is 0 Å². The van der Waals surface area contributed by atoms with E-state index in [1.807, 2.05) is 0 Å². The zero-order chi connectivity index (χ0) is 23.6. The molecular weight excluding hydrogens is 422 g/mol. The number of amides is 2. The summed E-state index contributed by atoms with van der Waals surface area (Å²) in [5.74, 6) is -1.04. The van der Waals surface area contributed by atoms with Crippen molar-refractivity contribution < 1.29 is 24.2 Å². The third-order valence-corrected chi connectivity index (χ3v) is 6.30. The minimum atomic E-state index is -1.05. The first kappa shape index (κ1) is 22.1. The highest BCUT2D eigenvalue weighted by molar-refractivity contribution is 5.98. The summed E-state index contributed by atoms with van der Waals surface area (Å²) < 4.78 is 5.77. The minimum absolute atomic E-state index is 0.174. The molecule has 2 aliphatic rings. The van der Waals surface area contributed by atoms with Crippen LogP contribution in [0.5, 0.6) is 5.75 Å². The molecule has 1 aliphatic heterocycles. The number of allylic oxidation sites excluding steroid dienone is 1. The molecule has 2 amide bonds. The van der Waals surface area contributed by atoms with E-state index in [4.69, 9.17) is 9.84 Å². The van der Waals surface area contributed by atoms with Crippen LogP contribution in [0, 0.1) is 17.2 Å². The Morgan fingerprint density at radius 2 is 2.09 bits per heavy atom. The van der Waals surface area contributed by atoms with Crippen molar-refractivity contribution in [2.24, 2.45) is 5.92 Å². The molecule has 4 rings (SSSR count). The summed E-state index contributed by atoms with van der Waals surface area (Å²) in [5, 5.41) is 23.6. The van der Waals surface area contributed by atoms with Gasteiger partial charge in [-0.3, -0.25) is 9.59 Å². The second kappa shape index (κ2) is 8.79. The molecule has 0 bridgehead atoms. The minimum Gasteiger partial charge on any atom is -0.493 e. The summed E-state index contributed by atoms with van der Waals surface area (Å²) in [6.45, 7) is 0.491. The van der Waals surface area contributed by atoms with Gasteiger partial charge in [-0.05, 0) is 55.2 Å². The van der Waals surface area contributed by atoms with Crippen LogP contribution in [0.3, 0.4) is 0 Å². The Bertz CT molecular complexity index is 1210. The van der Waals surface area contributed by atoms with Gasteiger partial charge in [0, 0.05) is 41.3 Å². The second-order valence-electron chi connectivity index (χ2n) is 8.22. The Balaban J connectivity index is 1.58. The highest BCUT2D eigenvalue weighted by Crippen LogP contribution is 2.61. The Morgan fingerprint density at radius 3 is 2.82 bits per heavy atom. The van der Waals surface area contributed by atoms with E-state index >= 15 is 0 Å². The number of carboxylic acid groups (broad SMARTS) is 1. The number of hydrogen-bond donors (Lipinski definition) is 3. The van der Waals surface area contributed by atoms with E-state index < -0.39 is 11.4 Å². The van der Waals surface area contributed by atoms with Crippen molar-refractivity contribution >= 4 is 23.5 Å². The third-order valence-electron chi connectivity index (χ3n) is 6.30. The summed E-state index contributed by atoms with van der Waals surface area (Å²) in [5.41, 5.74) is 2.59. The maximum atomic E-state index is 13.2. The molecule has 2 aromatic rings. The van der Waals surface area contributed by atoms with E-state index in [1.54, 1.807) is 43.4 Å². The molecule has 0 aromatic heterocycles. The van der Waals surface area contributed by atoms with Gasteiger partial charge in [-0.15, -0.1) is 0 Å². The maximum Gasteiger partial charge on any atom is 0.327 e. The first-order chi connectivity index (χ1) is 15.9. The number of carbonyl (C=O) groups is 3. The van der Waals surface area contributed by atoms with Gasteiger partial charge in [0.05, 0.1) is 18.2 Å². The van der Waals surface area contributed by atoms with Crippen molar-refractivity contribution in [2.45, 2.75) is 24.7 Å². The van der Waals surface area contributed by atoms with Gasteiger partial charge in [0.2, 0.25) is 5.91 Å². The van der Waals surface area contributed by atoms with E-state index in [2.05, 4.69) is 16.7 Å². The smallest absolute Gasteiger partial charge is 0.327 e. The number of rotatable bonds is 6. The molecule has 1 saturated carbocycles. The number of anilines is 1. The first-order valence-corrected chi connectivity index (χ1v) is 10.6. The van der Waals surface area contributed by atoms with Crippen molar-refractivity contribution in [1.29, 1.82) is 5.26 Å². The van der Waals surface area contributed by atoms with Gasteiger partial charge < -0.3 is 20.5 Å². The van der Waals surface area contributed by atoms with Crippen LogP contribution in [0.1, 0.15) is 39.9 Å². The zero-order valence-electron chi connectivity index (χ0n) is 18.1. The molecule has 1 heterocycles. The molecule has 0 saturated heterocycles. The van der Waals surface area contributed by atoms with Crippen LogP contribution in [0.4, 0.5) is 5.69 Å². The largest absolute Gasteiger partial charge is 0.493 e. The van der Waals surface area contributed by atoms with Crippen LogP contribution in [0.2, 0.25) is 0 Å². The van der Waals surface area contributed by atoms with Crippen molar-refractivity contribution in [2.75, 3.05) is 19.0 Å². The number of carboxylic acids is 1. The molecule has 8 heteroatoms. The number of carbonyl (C=O) groups excluding carboxylic acids is 2. The fourth-order valence-corrected chi connectivity index (χ4v) is 4.48. The Kier molecular flexibility index (Phi) is 5.88. The fraction of sp³-hybridized carbons (Fsp3) is 0.280. The molecular formula is C25H23N3O5. The van der Waals surface area contributed by atoms with Crippen LogP contribution in [0.15, 0.2) is 48.6 Å². The quantitative estimate of drug-likeness (QED) is 0.587. The van der Waals surface area contributed by atoms with Gasteiger partial charge in [0.15, 0.2) is 0 Å². The molecule has 0 unspecified atom stereocenters.